The summed E-state index contributed by atoms with van der Waals surface area (Å²) in [6.45, 7) is 1.81. The van der Waals surface area contributed by atoms with Crippen LogP contribution in [0, 0.1) is 0 Å². The largest absolute Gasteiger partial charge is 0.393 e. The summed E-state index contributed by atoms with van der Waals surface area (Å²) in [5.41, 5.74) is 0. The van der Waals surface area contributed by atoms with Gasteiger partial charge in [0.05, 0.1) is 6.10 Å². The number of rotatable bonds is 8. The van der Waals surface area contributed by atoms with E-state index in [1.54, 1.807) is 21.1 Å². The van der Waals surface area contributed by atoms with Gasteiger partial charge in [0.25, 0.3) is 0 Å². The Kier molecular flexibility index (Phi) is 8.94. The molecule has 0 rings (SSSR count). The molecule has 3 nitrogen and oxygen atoms in total. The monoisotopic (exact) mass is 202 g/mol. The molecule has 3 heteroatoms. The lowest BCUT2D eigenvalue weighted by Gasteiger charge is -2.11. The molecule has 0 spiro atoms. The van der Waals surface area contributed by atoms with Gasteiger partial charge in [-0.2, -0.15) is 0 Å². The molecule has 0 saturated heterocycles. The van der Waals surface area contributed by atoms with Gasteiger partial charge in [-0.3, -0.25) is 0 Å². The van der Waals surface area contributed by atoms with Gasteiger partial charge < -0.3 is 14.6 Å². The van der Waals surface area contributed by atoms with Crippen molar-refractivity contribution in [3.8, 4) is 0 Å². The van der Waals surface area contributed by atoms with Gasteiger partial charge in [-0.1, -0.05) is 12.2 Å². The number of aliphatic hydroxyl groups excluding tert-OH is 1. The highest BCUT2D eigenvalue weighted by Gasteiger charge is 2.01. The molecule has 0 radical (unpaired) electrons. The van der Waals surface area contributed by atoms with Gasteiger partial charge in [0.1, 0.15) is 0 Å². The first kappa shape index (κ1) is 13.6. The number of hydrogen-bond acceptors (Lipinski definition) is 3. The third kappa shape index (κ3) is 8.23. The molecule has 1 N–H and O–H groups in total. The molecule has 0 aromatic heterocycles. The van der Waals surface area contributed by atoms with E-state index in [9.17, 15) is 0 Å². The van der Waals surface area contributed by atoms with E-state index in [0.717, 1.165) is 25.7 Å². The quantitative estimate of drug-likeness (QED) is 0.484. The minimum absolute atomic E-state index is 0.101. The van der Waals surface area contributed by atoms with Crippen molar-refractivity contribution in [1.82, 2.24) is 0 Å². The molecule has 0 aromatic rings. The summed E-state index contributed by atoms with van der Waals surface area (Å²) >= 11 is 0. The molecular formula is C11H22O3. The summed E-state index contributed by atoms with van der Waals surface area (Å²) in [6.07, 6.45) is 7.48. The van der Waals surface area contributed by atoms with Crippen molar-refractivity contribution in [1.29, 1.82) is 0 Å². The molecule has 0 saturated carbocycles. The fraction of sp³-hybridized carbons (Fsp3) is 0.818. The number of aliphatic hydroxyl groups is 1. The molecule has 0 fully saturated rings. The van der Waals surface area contributed by atoms with Crippen molar-refractivity contribution in [2.24, 2.45) is 0 Å². The van der Waals surface area contributed by atoms with E-state index >= 15 is 0 Å². The fourth-order valence-electron chi connectivity index (χ4n) is 1.14. The standard InChI is InChI=1S/C11H22O3/c1-10(12)8-6-4-5-7-9-11(13-2)14-3/h4-5,10-12H,6-9H2,1-3H3/b5-4-. The Morgan fingerprint density at radius 2 is 1.57 bits per heavy atom. The molecule has 1 unspecified atom stereocenters. The molecule has 0 aliphatic carbocycles. The average Bonchev–Trinajstić information content (AvgIpc) is 2.16. The SMILES string of the molecule is COC(CC/C=C\CCC(C)O)OC. The number of hydrogen-bond donors (Lipinski definition) is 1. The highest BCUT2D eigenvalue weighted by molar-refractivity contribution is 4.82. The number of methoxy groups -OCH3 is 2. The topological polar surface area (TPSA) is 38.7 Å². The van der Waals surface area contributed by atoms with Crippen LogP contribution in [0.2, 0.25) is 0 Å². The Labute approximate surface area is 86.7 Å². The van der Waals surface area contributed by atoms with Gasteiger partial charge in [-0.25, -0.2) is 0 Å². The van der Waals surface area contributed by atoms with Gasteiger partial charge in [0.15, 0.2) is 6.29 Å². The maximum atomic E-state index is 9.00. The van der Waals surface area contributed by atoms with Gasteiger partial charge in [0.2, 0.25) is 0 Å². The molecule has 84 valence electrons. The predicted octanol–water partition coefficient (Wildman–Crippen LogP) is 2.10. The molecule has 0 aromatic carbocycles. The lowest BCUT2D eigenvalue weighted by molar-refractivity contribution is -0.105. The van der Waals surface area contributed by atoms with E-state index in [1.165, 1.54) is 0 Å². The summed E-state index contributed by atoms with van der Waals surface area (Å²) in [5, 5.41) is 9.00. The van der Waals surface area contributed by atoms with Crippen LogP contribution >= 0.6 is 0 Å². The molecule has 0 aliphatic rings. The zero-order valence-corrected chi connectivity index (χ0v) is 9.40. The Balaban J connectivity index is 3.34. The van der Waals surface area contributed by atoms with Crippen LogP contribution in [-0.4, -0.2) is 31.7 Å². The summed E-state index contributed by atoms with van der Waals surface area (Å²) in [7, 11) is 3.29. The second-order valence-electron chi connectivity index (χ2n) is 3.38. The van der Waals surface area contributed by atoms with E-state index in [0.29, 0.717) is 0 Å². The Morgan fingerprint density at radius 3 is 2.00 bits per heavy atom. The van der Waals surface area contributed by atoms with Gasteiger partial charge in [0, 0.05) is 20.6 Å². The van der Waals surface area contributed by atoms with Crippen LogP contribution in [0.4, 0.5) is 0 Å². The second kappa shape index (κ2) is 9.19. The van der Waals surface area contributed by atoms with Crippen molar-refractivity contribution < 1.29 is 14.6 Å². The van der Waals surface area contributed by atoms with E-state index < -0.39 is 0 Å². The summed E-state index contributed by atoms with van der Waals surface area (Å²) < 4.78 is 10.1. The van der Waals surface area contributed by atoms with Crippen LogP contribution in [0.25, 0.3) is 0 Å². The first-order valence-corrected chi connectivity index (χ1v) is 5.09. The first-order chi connectivity index (χ1) is 6.70. The maximum absolute atomic E-state index is 9.00. The molecule has 0 aliphatic heterocycles. The van der Waals surface area contributed by atoms with Gasteiger partial charge in [-0.15, -0.1) is 0 Å². The molecular weight excluding hydrogens is 180 g/mol. The zero-order chi connectivity index (χ0) is 10.8. The first-order valence-electron chi connectivity index (χ1n) is 5.09. The average molecular weight is 202 g/mol. The minimum atomic E-state index is -0.203. The molecule has 0 bridgehead atoms. The lowest BCUT2D eigenvalue weighted by atomic mass is 10.2. The Bertz CT molecular complexity index is 139. The third-order valence-electron chi connectivity index (χ3n) is 2.01. The highest BCUT2D eigenvalue weighted by Crippen LogP contribution is 2.04. The summed E-state index contributed by atoms with van der Waals surface area (Å²) in [4.78, 5) is 0. The van der Waals surface area contributed by atoms with Crippen molar-refractivity contribution in [2.45, 2.75) is 45.0 Å². The zero-order valence-electron chi connectivity index (χ0n) is 9.40. The van der Waals surface area contributed by atoms with Gasteiger partial charge >= 0.3 is 0 Å². The molecule has 0 heterocycles. The second-order valence-corrected chi connectivity index (χ2v) is 3.38. The molecule has 0 amide bonds. The van der Waals surface area contributed by atoms with Crippen LogP contribution in [0.15, 0.2) is 12.2 Å². The predicted molar refractivity (Wildman–Crippen MR) is 57.1 cm³/mol. The normalized spacial score (nSPS) is 14.1. The number of allylic oxidation sites excluding steroid dienone is 2. The maximum Gasteiger partial charge on any atom is 0.157 e. The van der Waals surface area contributed by atoms with E-state index in [1.807, 2.05) is 0 Å². The van der Waals surface area contributed by atoms with Crippen LogP contribution in [0.3, 0.4) is 0 Å². The third-order valence-corrected chi connectivity index (χ3v) is 2.01. The summed E-state index contributed by atoms with van der Waals surface area (Å²) in [5.74, 6) is 0. The van der Waals surface area contributed by atoms with Crippen molar-refractivity contribution in [3.05, 3.63) is 12.2 Å². The highest BCUT2D eigenvalue weighted by atomic mass is 16.7. The smallest absolute Gasteiger partial charge is 0.157 e. The van der Waals surface area contributed by atoms with E-state index in [4.69, 9.17) is 14.6 Å². The van der Waals surface area contributed by atoms with Crippen LogP contribution in [0.1, 0.15) is 32.6 Å². The van der Waals surface area contributed by atoms with Crippen LogP contribution < -0.4 is 0 Å². The Hall–Kier alpha value is -0.380. The fourth-order valence-corrected chi connectivity index (χ4v) is 1.14. The van der Waals surface area contributed by atoms with Crippen molar-refractivity contribution in [2.75, 3.05) is 14.2 Å². The lowest BCUT2D eigenvalue weighted by Crippen LogP contribution is -2.11. The van der Waals surface area contributed by atoms with E-state index in [-0.39, 0.29) is 12.4 Å². The van der Waals surface area contributed by atoms with E-state index in [2.05, 4.69) is 12.2 Å². The molecule has 14 heavy (non-hydrogen) atoms. The summed E-state index contributed by atoms with van der Waals surface area (Å²) in [6, 6.07) is 0. The van der Waals surface area contributed by atoms with Crippen molar-refractivity contribution in [3.63, 3.8) is 0 Å². The minimum Gasteiger partial charge on any atom is -0.393 e. The van der Waals surface area contributed by atoms with Crippen molar-refractivity contribution >= 4 is 0 Å². The molecule has 1 atom stereocenters. The van der Waals surface area contributed by atoms with Crippen LogP contribution in [0.5, 0.6) is 0 Å². The number of ether oxygens (including phenoxy) is 2. The van der Waals surface area contributed by atoms with Gasteiger partial charge in [-0.05, 0) is 26.2 Å². The van der Waals surface area contributed by atoms with Crippen LogP contribution in [-0.2, 0) is 9.47 Å². The Morgan fingerprint density at radius 1 is 1.07 bits per heavy atom.